The number of nitrogens with one attached hydrogen (secondary N) is 1. The summed E-state index contributed by atoms with van der Waals surface area (Å²) in [5.74, 6) is 0.323. The zero-order chi connectivity index (χ0) is 13.7. The Morgan fingerprint density at radius 2 is 2.11 bits per heavy atom. The number of nitriles is 1. The molecule has 2 rings (SSSR count). The van der Waals surface area contributed by atoms with Crippen molar-refractivity contribution in [3.05, 3.63) is 35.1 Å². The van der Waals surface area contributed by atoms with Crippen molar-refractivity contribution in [1.29, 1.82) is 5.26 Å². The lowest BCUT2D eigenvalue weighted by molar-refractivity contribution is 0.280. The summed E-state index contributed by atoms with van der Waals surface area (Å²) in [6.07, 6.45) is 6.52. The summed E-state index contributed by atoms with van der Waals surface area (Å²) in [5.41, 5.74) is 0.714. The Labute approximate surface area is 114 Å². The summed E-state index contributed by atoms with van der Waals surface area (Å²) < 4.78 is 13.9. The van der Waals surface area contributed by atoms with E-state index >= 15 is 0 Å². The molecule has 0 amide bonds. The SMILES string of the molecule is CC(NCc1cccc(C#N)c1F)C1CCCCC1. The van der Waals surface area contributed by atoms with Crippen LogP contribution in [0.5, 0.6) is 0 Å². The molecule has 1 aliphatic rings. The molecule has 1 saturated carbocycles. The quantitative estimate of drug-likeness (QED) is 0.894. The Bertz CT molecular complexity index is 458. The summed E-state index contributed by atoms with van der Waals surface area (Å²) >= 11 is 0. The van der Waals surface area contributed by atoms with E-state index in [0.717, 1.165) is 0 Å². The number of benzene rings is 1. The number of hydrogen-bond donors (Lipinski definition) is 1. The highest BCUT2D eigenvalue weighted by Gasteiger charge is 2.19. The van der Waals surface area contributed by atoms with Gasteiger partial charge in [0.2, 0.25) is 0 Å². The summed E-state index contributed by atoms with van der Waals surface area (Å²) in [6.45, 7) is 2.68. The average molecular weight is 260 g/mol. The molecule has 1 atom stereocenters. The lowest BCUT2D eigenvalue weighted by Crippen LogP contribution is -2.34. The van der Waals surface area contributed by atoms with Crippen LogP contribution in [0, 0.1) is 23.1 Å². The molecule has 1 unspecified atom stereocenters. The topological polar surface area (TPSA) is 35.8 Å². The minimum Gasteiger partial charge on any atom is -0.310 e. The summed E-state index contributed by atoms with van der Waals surface area (Å²) in [5, 5.41) is 12.2. The fourth-order valence-corrected chi connectivity index (χ4v) is 2.87. The predicted molar refractivity (Wildman–Crippen MR) is 74.0 cm³/mol. The molecule has 19 heavy (non-hydrogen) atoms. The van der Waals surface area contributed by atoms with Crippen molar-refractivity contribution < 1.29 is 4.39 Å². The molecule has 1 aromatic carbocycles. The Kier molecular flexibility index (Phi) is 4.93. The summed E-state index contributed by atoms with van der Waals surface area (Å²) in [6, 6.07) is 7.30. The number of nitrogens with zero attached hydrogens (tertiary/aromatic N) is 1. The predicted octanol–water partition coefficient (Wildman–Crippen LogP) is 3.76. The maximum Gasteiger partial charge on any atom is 0.145 e. The second kappa shape index (κ2) is 6.68. The summed E-state index contributed by atoms with van der Waals surface area (Å²) in [7, 11) is 0. The first-order valence-corrected chi connectivity index (χ1v) is 7.13. The third-order valence-corrected chi connectivity index (χ3v) is 4.17. The van der Waals surface area contributed by atoms with Gasteiger partial charge in [-0.15, -0.1) is 0 Å². The van der Waals surface area contributed by atoms with E-state index in [1.54, 1.807) is 12.1 Å². The van der Waals surface area contributed by atoms with Gasteiger partial charge in [-0.3, -0.25) is 0 Å². The minimum atomic E-state index is -0.381. The van der Waals surface area contributed by atoms with Gasteiger partial charge in [-0.25, -0.2) is 4.39 Å². The first-order chi connectivity index (χ1) is 9.22. The third-order valence-electron chi connectivity index (χ3n) is 4.17. The van der Waals surface area contributed by atoms with E-state index in [2.05, 4.69) is 12.2 Å². The molecule has 1 aromatic rings. The van der Waals surface area contributed by atoms with Gasteiger partial charge >= 0.3 is 0 Å². The Morgan fingerprint density at radius 3 is 2.79 bits per heavy atom. The van der Waals surface area contributed by atoms with Crippen LogP contribution in [-0.4, -0.2) is 6.04 Å². The van der Waals surface area contributed by atoms with Crippen LogP contribution in [0.3, 0.4) is 0 Å². The highest BCUT2D eigenvalue weighted by atomic mass is 19.1. The molecular formula is C16H21FN2. The largest absolute Gasteiger partial charge is 0.310 e. The molecule has 0 radical (unpaired) electrons. The van der Waals surface area contributed by atoms with Crippen molar-refractivity contribution >= 4 is 0 Å². The second-order valence-corrected chi connectivity index (χ2v) is 5.46. The van der Waals surface area contributed by atoms with Gasteiger partial charge in [0, 0.05) is 18.2 Å². The molecule has 0 aliphatic heterocycles. The molecule has 0 heterocycles. The highest BCUT2D eigenvalue weighted by Crippen LogP contribution is 2.26. The Morgan fingerprint density at radius 1 is 1.37 bits per heavy atom. The van der Waals surface area contributed by atoms with Crippen LogP contribution in [0.2, 0.25) is 0 Å². The zero-order valence-corrected chi connectivity index (χ0v) is 11.5. The molecule has 1 N–H and O–H groups in total. The van der Waals surface area contributed by atoms with E-state index in [1.807, 2.05) is 6.07 Å². The van der Waals surface area contributed by atoms with Crippen molar-refractivity contribution in [2.45, 2.75) is 51.6 Å². The van der Waals surface area contributed by atoms with Crippen molar-refractivity contribution in [2.75, 3.05) is 0 Å². The maximum absolute atomic E-state index is 13.9. The normalized spacial score (nSPS) is 17.9. The van der Waals surface area contributed by atoms with Gasteiger partial charge in [-0.1, -0.05) is 31.4 Å². The fraction of sp³-hybridized carbons (Fsp3) is 0.562. The van der Waals surface area contributed by atoms with E-state index in [1.165, 1.54) is 38.2 Å². The van der Waals surface area contributed by atoms with Gasteiger partial charge in [-0.2, -0.15) is 5.26 Å². The van der Waals surface area contributed by atoms with Crippen LogP contribution < -0.4 is 5.32 Å². The van der Waals surface area contributed by atoms with E-state index in [9.17, 15) is 4.39 Å². The second-order valence-electron chi connectivity index (χ2n) is 5.46. The van der Waals surface area contributed by atoms with E-state index in [-0.39, 0.29) is 11.4 Å². The van der Waals surface area contributed by atoms with E-state index in [0.29, 0.717) is 24.1 Å². The smallest absolute Gasteiger partial charge is 0.145 e. The van der Waals surface area contributed by atoms with Gasteiger partial charge < -0.3 is 5.32 Å². The van der Waals surface area contributed by atoms with Crippen LogP contribution in [0.25, 0.3) is 0 Å². The van der Waals surface area contributed by atoms with Crippen molar-refractivity contribution in [2.24, 2.45) is 5.92 Å². The molecule has 1 fully saturated rings. The van der Waals surface area contributed by atoms with Gasteiger partial charge in [-0.05, 0) is 31.7 Å². The van der Waals surface area contributed by atoms with Gasteiger partial charge in [0.1, 0.15) is 11.9 Å². The van der Waals surface area contributed by atoms with Gasteiger partial charge in [0.25, 0.3) is 0 Å². The molecule has 0 spiro atoms. The van der Waals surface area contributed by atoms with Gasteiger partial charge in [0.05, 0.1) is 5.56 Å². The highest BCUT2D eigenvalue weighted by molar-refractivity contribution is 5.34. The van der Waals surface area contributed by atoms with Crippen LogP contribution in [0.1, 0.15) is 50.2 Å². The Hall–Kier alpha value is -1.40. The lowest BCUT2D eigenvalue weighted by atomic mass is 9.84. The standard InChI is InChI=1S/C16H21FN2/c1-12(13-6-3-2-4-7-13)19-11-15-9-5-8-14(10-18)16(15)17/h5,8-9,12-13,19H,2-4,6-7,11H2,1H3. The Balaban J connectivity index is 1.93. The molecule has 2 nitrogen and oxygen atoms in total. The van der Waals surface area contributed by atoms with Crippen LogP contribution in [0.4, 0.5) is 4.39 Å². The summed E-state index contributed by atoms with van der Waals surface area (Å²) in [4.78, 5) is 0. The van der Waals surface area contributed by atoms with Crippen LogP contribution in [-0.2, 0) is 6.54 Å². The molecule has 0 aromatic heterocycles. The monoisotopic (exact) mass is 260 g/mol. The van der Waals surface area contributed by atoms with Crippen molar-refractivity contribution in [3.8, 4) is 6.07 Å². The van der Waals surface area contributed by atoms with Crippen molar-refractivity contribution in [1.82, 2.24) is 5.32 Å². The van der Waals surface area contributed by atoms with E-state index < -0.39 is 0 Å². The van der Waals surface area contributed by atoms with Crippen molar-refractivity contribution in [3.63, 3.8) is 0 Å². The zero-order valence-electron chi connectivity index (χ0n) is 11.5. The van der Waals surface area contributed by atoms with Crippen LogP contribution >= 0.6 is 0 Å². The molecular weight excluding hydrogens is 239 g/mol. The average Bonchev–Trinajstić information content (AvgIpc) is 2.47. The maximum atomic E-state index is 13.9. The molecule has 3 heteroatoms. The minimum absolute atomic E-state index is 0.129. The number of halogens is 1. The molecule has 1 aliphatic carbocycles. The molecule has 0 bridgehead atoms. The first kappa shape index (κ1) is 14.0. The fourth-order valence-electron chi connectivity index (χ4n) is 2.87. The number of hydrogen-bond acceptors (Lipinski definition) is 2. The van der Waals surface area contributed by atoms with E-state index in [4.69, 9.17) is 5.26 Å². The third kappa shape index (κ3) is 3.54. The first-order valence-electron chi connectivity index (χ1n) is 7.13. The lowest BCUT2D eigenvalue weighted by Gasteiger charge is -2.28. The molecule has 0 saturated heterocycles. The number of rotatable bonds is 4. The van der Waals surface area contributed by atoms with Crippen LogP contribution in [0.15, 0.2) is 18.2 Å². The molecule has 102 valence electrons. The van der Waals surface area contributed by atoms with Gasteiger partial charge in [0.15, 0.2) is 0 Å².